The van der Waals surface area contributed by atoms with E-state index in [1.165, 1.54) is 32.1 Å². The van der Waals surface area contributed by atoms with Crippen LogP contribution in [0.25, 0.3) is 0 Å². The first-order chi connectivity index (χ1) is 9.75. The number of hydrogen-bond donors (Lipinski definition) is 1. The fourth-order valence-corrected chi connectivity index (χ4v) is 3.77. The Morgan fingerprint density at radius 2 is 1.70 bits per heavy atom. The van der Waals surface area contributed by atoms with Gasteiger partial charge < -0.3 is 10.2 Å². The van der Waals surface area contributed by atoms with Crippen LogP contribution >= 0.6 is 0 Å². The van der Waals surface area contributed by atoms with Gasteiger partial charge in [-0.15, -0.1) is 0 Å². The van der Waals surface area contributed by atoms with Gasteiger partial charge in [-0.2, -0.15) is 0 Å². The summed E-state index contributed by atoms with van der Waals surface area (Å²) < 4.78 is 0. The SMILES string of the molecule is O=C(NCC1CCC1)C1CCCN1C(=O)C1CCCC1. The van der Waals surface area contributed by atoms with E-state index in [0.29, 0.717) is 5.92 Å². The Kier molecular flexibility index (Phi) is 4.27. The molecule has 1 N–H and O–H groups in total. The molecule has 4 nitrogen and oxygen atoms in total. The number of carbonyl (C=O) groups excluding carboxylic acids is 2. The van der Waals surface area contributed by atoms with E-state index in [9.17, 15) is 9.59 Å². The number of amides is 2. The van der Waals surface area contributed by atoms with Gasteiger partial charge in [-0.25, -0.2) is 0 Å². The first-order valence-electron chi connectivity index (χ1n) is 8.34. The number of likely N-dealkylation sites (tertiary alicyclic amines) is 1. The van der Waals surface area contributed by atoms with Crippen molar-refractivity contribution in [1.29, 1.82) is 0 Å². The van der Waals surface area contributed by atoms with E-state index in [4.69, 9.17) is 0 Å². The lowest BCUT2D eigenvalue weighted by Crippen LogP contribution is -2.48. The third kappa shape index (κ3) is 2.84. The van der Waals surface area contributed by atoms with Crippen molar-refractivity contribution in [2.24, 2.45) is 11.8 Å². The number of nitrogens with one attached hydrogen (secondary N) is 1. The topological polar surface area (TPSA) is 49.4 Å². The van der Waals surface area contributed by atoms with Gasteiger partial charge in [-0.1, -0.05) is 19.3 Å². The van der Waals surface area contributed by atoms with Crippen molar-refractivity contribution in [2.45, 2.75) is 63.8 Å². The normalized spacial score (nSPS) is 27.6. The molecule has 112 valence electrons. The van der Waals surface area contributed by atoms with E-state index in [0.717, 1.165) is 38.8 Å². The molecule has 3 rings (SSSR count). The Bertz CT molecular complexity index is 373. The summed E-state index contributed by atoms with van der Waals surface area (Å²) in [4.78, 5) is 26.7. The van der Waals surface area contributed by atoms with Crippen molar-refractivity contribution in [3.05, 3.63) is 0 Å². The first-order valence-corrected chi connectivity index (χ1v) is 8.34. The molecule has 1 saturated heterocycles. The molecule has 20 heavy (non-hydrogen) atoms. The highest BCUT2D eigenvalue weighted by Gasteiger charge is 2.37. The zero-order chi connectivity index (χ0) is 13.9. The number of hydrogen-bond acceptors (Lipinski definition) is 2. The van der Waals surface area contributed by atoms with E-state index in [1.807, 2.05) is 4.90 Å². The van der Waals surface area contributed by atoms with Gasteiger partial charge in [0.1, 0.15) is 6.04 Å². The molecular weight excluding hydrogens is 252 g/mol. The van der Waals surface area contributed by atoms with E-state index in [2.05, 4.69) is 5.32 Å². The Labute approximate surface area is 121 Å². The van der Waals surface area contributed by atoms with Gasteiger partial charge in [0.05, 0.1) is 0 Å². The van der Waals surface area contributed by atoms with E-state index >= 15 is 0 Å². The maximum absolute atomic E-state index is 12.5. The predicted octanol–water partition coefficient (Wildman–Crippen LogP) is 2.08. The van der Waals surface area contributed by atoms with Crippen LogP contribution in [0, 0.1) is 11.8 Å². The van der Waals surface area contributed by atoms with Crippen molar-refractivity contribution in [1.82, 2.24) is 10.2 Å². The first kappa shape index (κ1) is 13.9. The summed E-state index contributed by atoms with van der Waals surface area (Å²) in [5.41, 5.74) is 0. The molecule has 0 aromatic carbocycles. The molecule has 1 atom stereocenters. The zero-order valence-electron chi connectivity index (χ0n) is 12.3. The minimum atomic E-state index is -0.192. The summed E-state index contributed by atoms with van der Waals surface area (Å²) in [5.74, 6) is 1.19. The summed E-state index contributed by atoms with van der Waals surface area (Å²) in [6.07, 6.45) is 9.99. The molecule has 0 aromatic heterocycles. The molecule has 1 unspecified atom stereocenters. The highest BCUT2D eigenvalue weighted by Crippen LogP contribution is 2.30. The highest BCUT2D eigenvalue weighted by molar-refractivity contribution is 5.89. The molecule has 1 heterocycles. The molecule has 2 aliphatic carbocycles. The van der Waals surface area contributed by atoms with Crippen LogP contribution in [0.1, 0.15) is 57.8 Å². The van der Waals surface area contributed by atoms with Gasteiger partial charge in [0.15, 0.2) is 0 Å². The second-order valence-corrected chi connectivity index (χ2v) is 6.71. The van der Waals surface area contributed by atoms with Crippen LogP contribution in [-0.2, 0) is 9.59 Å². The molecule has 0 radical (unpaired) electrons. The number of carbonyl (C=O) groups is 2. The van der Waals surface area contributed by atoms with Crippen LogP contribution in [-0.4, -0.2) is 35.8 Å². The molecule has 0 spiro atoms. The van der Waals surface area contributed by atoms with Crippen LogP contribution in [0.5, 0.6) is 0 Å². The van der Waals surface area contributed by atoms with Gasteiger partial charge >= 0.3 is 0 Å². The third-order valence-electron chi connectivity index (χ3n) is 5.33. The Balaban J connectivity index is 1.53. The lowest BCUT2D eigenvalue weighted by atomic mass is 9.85. The van der Waals surface area contributed by atoms with Crippen molar-refractivity contribution in [2.75, 3.05) is 13.1 Å². The van der Waals surface area contributed by atoms with Crippen molar-refractivity contribution < 1.29 is 9.59 Å². The highest BCUT2D eigenvalue weighted by atomic mass is 16.2. The van der Waals surface area contributed by atoms with Gasteiger partial charge in [-0.05, 0) is 44.4 Å². The number of rotatable bonds is 4. The van der Waals surface area contributed by atoms with Crippen molar-refractivity contribution in [3.8, 4) is 0 Å². The van der Waals surface area contributed by atoms with Crippen LogP contribution in [0.2, 0.25) is 0 Å². The fraction of sp³-hybridized carbons (Fsp3) is 0.875. The van der Waals surface area contributed by atoms with E-state index in [1.54, 1.807) is 0 Å². The zero-order valence-corrected chi connectivity index (χ0v) is 12.3. The van der Waals surface area contributed by atoms with Crippen LogP contribution in [0.4, 0.5) is 0 Å². The summed E-state index contributed by atoms with van der Waals surface area (Å²) in [6, 6.07) is -0.192. The maximum atomic E-state index is 12.5. The largest absolute Gasteiger partial charge is 0.354 e. The van der Waals surface area contributed by atoms with Gasteiger partial charge in [0, 0.05) is 19.0 Å². The third-order valence-corrected chi connectivity index (χ3v) is 5.33. The summed E-state index contributed by atoms with van der Waals surface area (Å²) in [6.45, 7) is 1.58. The number of nitrogens with zero attached hydrogens (tertiary/aromatic N) is 1. The smallest absolute Gasteiger partial charge is 0.242 e. The molecular formula is C16H26N2O2. The maximum Gasteiger partial charge on any atom is 0.242 e. The summed E-state index contributed by atoms with van der Waals surface area (Å²) >= 11 is 0. The van der Waals surface area contributed by atoms with E-state index in [-0.39, 0.29) is 23.8 Å². The molecule has 4 heteroatoms. The van der Waals surface area contributed by atoms with Crippen LogP contribution in [0.3, 0.4) is 0 Å². The quantitative estimate of drug-likeness (QED) is 0.856. The Morgan fingerprint density at radius 3 is 2.35 bits per heavy atom. The second-order valence-electron chi connectivity index (χ2n) is 6.71. The monoisotopic (exact) mass is 278 g/mol. The Hall–Kier alpha value is -1.06. The Morgan fingerprint density at radius 1 is 0.950 bits per heavy atom. The van der Waals surface area contributed by atoms with Gasteiger partial charge in [0.25, 0.3) is 0 Å². The second kappa shape index (κ2) is 6.15. The van der Waals surface area contributed by atoms with Gasteiger partial charge in [0.2, 0.25) is 11.8 Å². The van der Waals surface area contributed by atoms with E-state index < -0.39 is 0 Å². The average Bonchev–Trinajstić information content (AvgIpc) is 3.07. The lowest BCUT2D eigenvalue weighted by molar-refractivity contribution is -0.141. The molecule has 0 bridgehead atoms. The summed E-state index contributed by atoms with van der Waals surface area (Å²) in [5, 5.41) is 3.07. The molecule has 2 amide bonds. The van der Waals surface area contributed by atoms with Crippen LogP contribution in [0.15, 0.2) is 0 Å². The minimum Gasteiger partial charge on any atom is -0.354 e. The fourth-order valence-electron chi connectivity index (χ4n) is 3.77. The molecule has 1 aliphatic heterocycles. The molecule has 0 aromatic rings. The standard InChI is InChI=1S/C16H26N2O2/c19-15(17-11-12-5-3-6-12)14-9-4-10-18(14)16(20)13-7-1-2-8-13/h12-14H,1-11H2,(H,17,19). The van der Waals surface area contributed by atoms with Crippen LogP contribution < -0.4 is 5.32 Å². The van der Waals surface area contributed by atoms with Gasteiger partial charge in [-0.3, -0.25) is 9.59 Å². The average molecular weight is 278 g/mol. The molecule has 2 saturated carbocycles. The molecule has 3 aliphatic rings. The predicted molar refractivity (Wildman–Crippen MR) is 77.0 cm³/mol. The van der Waals surface area contributed by atoms with Crippen molar-refractivity contribution >= 4 is 11.8 Å². The molecule has 3 fully saturated rings. The summed E-state index contributed by atoms with van der Waals surface area (Å²) in [7, 11) is 0. The lowest BCUT2D eigenvalue weighted by Gasteiger charge is -2.29. The van der Waals surface area contributed by atoms with Crippen molar-refractivity contribution in [3.63, 3.8) is 0 Å². The minimum absolute atomic E-state index is 0.0840.